The zero-order valence-electron chi connectivity index (χ0n) is 11.5. The van der Waals surface area contributed by atoms with Crippen LogP contribution in [0, 0.1) is 17.8 Å². The first-order chi connectivity index (χ1) is 10.3. The lowest BCUT2D eigenvalue weighted by atomic mass is 9.75. The van der Waals surface area contributed by atoms with E-state index in [1.54, 1.807) is 0 Å². The maximum Gasteiger partial charge on any atom is 0.305 e. The Hall–Kier alpha value is -1.07. The molecule has 108 valence electrons. The highest BCUT2D eigenvalue weighted by Gasteiger charge is 2.54. The van der Waals surface area contributed by atoms with E-state index in [0.717, 1.165) is 16.9 Å². The maximum atomic E-state index is 11.9. The van der Waals surface area contributed by atoms with Crippen molar-refractivity contribution in [2.75, 3.05) is 0 Å². The number of pyridine rings is 1. The molecule has 2 fully saturated rings. The van der Waals surface area contributed by atoms with Gasteiger partial charge in [0.1, 0.15) is 0 Å². The number of hydrogen-bond donors (Lipinski definition) is 1. The fraction of sp³-hybridized carbons (Fsp3) is 0.500. The third-order valence-corrected chi connectivity index (χ3v) is 8.13. The molecule has 1 aliphatic heterocycles. The second kappa shape index (κ2) is 4.46. The van der Waals surface area contributed by atoms with Crippen molar-refractivity contribution < 1.29 is 0 Å². The molecule has 0 amide bonds. The van der Waals surface area contributed by atoms with Gasteiger partial charge in [-0.3, -0.25) is 9.78 Å². The second-order valence-electron chi connectivity index (χ2n) is 6.46. The maximum absolute atomic E-state index is 11.9. The van der Waals surface area contributed by atoms with Crippen molar-refractivity contribution in [2.45, 2.75) is 35.5 Å². The summed E-state index contributed by atoms with van der Waals surface area (Å²) < 4.78 is 0. The first-order valence-corrected chi connectivity index (χ1v) is 9.30. The molecular formula is C16H16N2OS2. The molecular weight excluding hydrogens is 300 g/mol. The number of rotatable bonds is 1. The van der Waals surface area contributed by atoms with E-state index in [1.807, 2.05) is 30.2 Å². The van der Waals surface area contributed by atoms with Crippen molar-refractivity contribution in [1.82, 2.24) is 9.97 Å². The minimum absolute atomic E-state index is 0.0914. The molecule has 0 saturated heterocycles. The third kappa shape index (κ3) is 1.73. The highest BCUT2D eigenvalue weighted by Crippen LogP contribution is 2.63. The molecule has 0 spiro atoms. The molecule has 5 heteroatoms. The molecule has 1 N–H and O–H groups in total. The van der Waals surface area contributed by atoms with Crippen molar-refractivity contribution >= 4 is 23.1 Å². The summed E-state index contributed by atoms with van der Waals surface area (Å²) in [5.74, 6) is 2.75. The number of fused-ring (bicyclic) bond motifs is 6. The predicted octanol–water partition coefficient (Wildman–Crippen LogP) is 3.48. The highest BCUT2D eigenvalue weighted by molar-refractivity contribution is 8.00. The van der Waals surface area contributed by atoms with E-state index in [2.05, 4.69) is 16.0 Å². The summed E-state index contributed by atoms with van der Waals surface area (Å²) in [6.45, 7) is 0. The fourth-order valence-electron chi connectivity index (χ4n) is 4.78. The molecule has 3 heterocycles. The molecule has 2 aromatic rings. The third-order valence-electron chi connectivity index (χ3n) is 5.51. The van der Waals surface area contributed by atoms with Gasteiger partial charge in [0.25, 0.3) is 0 Å². The Morgan fingerprint density at radius 2 is 2.19 bits per heavy atom. The molecule has 2 bridgehead atoms. The summed E-state index contributed by atoms with van der Waals surface area (Å²) in [5, 5.41) is 1.82. The number of aromatic nitrogens is 2. The van der Waals surface area contributed by atoms with Crippen LogP contribution in [0.2, 0.25) is 0 Å². The van der Waals surface area contributed by atoms with Crippen LogP contribution in [0.15, 0.2) is 34.3 Å². The zero-order chi connectivity index (χ0) is 14.0. The summed E-state index contributed by atoms with van der Waals surface area (Å²) >= 11 is 3.35. The summed E-state index contributed by atoms with van der Waals surface area (Å²) in [6.07, 6.45) is 7.97. The van der Waals surface area contributed by atoms with E-state index in [4.69, 9.17) is 0 Å². The SMILES string of the molecule is O=c1[nH]c2c(s1)[C@H](c1cccnc1)[C@H]1[C@H]3CC[C@@H](C3)[C@H]1S2. The van der Waals surface area contributed by atoms with Gasteiger partial charge in [0.15, 0.2) is 0 Å². The first kappa shape index (κ1) is 12.5. The number of thioether (sulfide) groups is 1. The topological polar surface area (TPSA) is 45.8 Å². The van der Waals surface area contributed by atoms with Gasteiger partial charge in [0, 0.05) is 28.4 Å². The number of nitrogens with zero attached hydrogens (tertiary/aromatic N) is 1. The molecule has 3 aliphatic rings. The lowest BCUT2D eigenvalue weighted by molar-refractivity contribution is 0.307. The number of thiazole rings is 1. The first-order valence-electron chi connectivity index (χ1n) is 7.61. The van der Waals surface area contributed by atoms with E-state index in [9.17, 15) is 4.79 Å². The average Bonchev–Trinajstić information content (AvgIpc) is 3.18. The molecule has 2 aliphatic carbocycles. The van der Waals surface area contributed by atoms with Gasteiger partial charge in [-0.05, 0) is 48.6 Å². The molecule has 5 atom stereocenters. The van der Waals surface area contributed by atoms with E-state index in [1.165, 1.54) is 41.0 Å². The molecule has 0 unspecified atom stereocenters. The van der Waals surface area contributed by atoms with Gasteiger partial charge in [-0.1, -0.05) is 17.4 Å². The van der Waals surface area contributed by atoms with Crippen LogP contribution < -0.4 is 4.87 Å². The fourth-order valence-corrected chi connectivity index (χ4v) is 7.68. The molecule has 0 aromatic carbocycles. The Kier molecular flexibility index (Phi) is 2.65. The second-order valence-corrected chi connectivity index (χ2v) is 8.67. The lowest BCUT2D eigenvalue weighted by Crippen LogP contribution is -2.33. The van der Waals surface area contributed by atoms with Crippen LogP contribution in [0.3, 0.4) is 0 Å². The van der Waals surface area contributed by atoms with Gasteiger partial charge >= 0.3 is 4.87 Å². The smallest absolute Gasteiger partial charge is 0.305 e. The van der Waals surface area contributed by atoms with Gasteiger partial charge < -0.3 is 4.98 Å². The Bertz CT molecular complexity index is 738. The highest BCUT2D eigenvalue weighted by atomic mass is 32.2. The van der Waals surface area contributed by atoms with Gasteiger partial charge in [0.05, 0.1) is 5.03 Å². The van der Waals surface area contributed by atoms with Crippen LogP contribution in [-0.4, -0.2) is 15.2 Å². The number of hydrogen-bond acceptors (Lipinski definition) is 4. The van der Waals surface area contributed by atoms with E-state index >= 15 is 0 Å². The Labute approximate surface area is 131 Å². The molecule has 21 heavy (non-hydrogen) atoms. The quantitative estimate of drug-likeness (QED) is 0.876. The largest absolute Gasteiger partial charge is 0.307 e. The summed E-state index contributed by atoms with van der Waals surface area (Å²) in [7, 11) is 0. The van der Waals surface area contributed by atoms with E-state index in [-0.39, 0.29) is 4.87 Å². The van der Waals surface area contributed by atoms with Crippen LogP contribution in [0.1, 0.15) is 35.6 Å². The number of nitrogens with one attached hydrogen (secondary N) is 1. The Morgan fingerprint density at radius 1 is 1.29 bits per heavy atom. The van der Waals surface area contributed by atoms with Crippen molar-refractivity contribution in [3.05, 3.63) is 44.6 Å². The van der Waals surface area contributed by atoms with Crippen molar-refractivity contribution in [3.8, 4) is 0 Å². The number of aromatic amines is 1. The average molecular weight is 316 g/mol. The molecule has 2 aromatic heterocycles. The monoisotopic (exact) mass is 316 g/mol. The van der Waals surface area contributed by atoms with Gasteiger partial charge in [0.2, 0.25) is 0 Å². The zero-order valence-corrected chi connectivity index (χ0v) is 13.1. The summed E-state index contributed by atoms with van der Waals surface area (Å²) in [6, 6.07) is 4.21. The van der Waals surface area contributed by atoms with Crippen LogP contribution in [0.25, 0.3) is 0 Å². The van der Waals surface area contributed by atoms with Crippen molar-refractivity contribution in [2.24, 2.45) is 17.8 Å². The predicted molar refractivity (Wildman–Crippen MR) is 85.0 cm³/mol. The number of H-pyrrole nitrogens is 1. The van der Waals surface area contributed by atoms with Crippen LogP contribution in [0.4, 0.5) is 0 Å². The normalized spacial score (nSPS) is 36.5. The molecule has 5 rings (SSSR count). The lowest BCUT2D eigenvalue weighted by Gasteiger charge is -2.40. The standard InChI is InChI=1S/C16H16N2OS2/c19-16-18-15-14(21-16)12(10-2-1-5-17-7-10)11-8-3-4-9(6-8)13(11)20-15/h1-2,5,7-9,11-13H,3-4,6H2,(H,18,19)/t8-,9-,11+,12+,13+/m0/s1. The van der Waals surface area contributed by atoms with Crippen molar-refractivity contribution in [1.29, 1.82) is 0 Å². The Balaban J connectivity index is 1.70. The Morgan fingerprint density at radius 3 is 3.05 bits per heavy atom. The van der Waals surface area contributed by atoms with Crippen molar-refractivity contribution in [3.63, 3.8) is 0 Å². The van der Waals surface area contributed by atoms with Crippen LogP contribution in [0.5, 0.6) is 0 Å². The molecule has 2 saturated carbocycles. The van der Waals surface area contributed by atoms with Gasteiger partial charge in [-0.25, -0.2) is 0 Å². The van der Waals surface area contributed by atoms with Gasteiger partial charge in [-0.15, -0.1) is 11.8 Å². The summed E-state index contributed by atoms with van der Waals surface area (Å²) in [4.78, 5) is 20.6. The molecule has 3 nitrogen and oxygen atoms in total. The van der Waals surface area contributed by atoms with Gasteiger partial charge in [-0.2, -0.15) is 0 Å². The molecule has 0 radical (unpaired) electrons. The van der Waals surface area contributed by atoms with Crippen LogP contribution >= 0.6 is 23.1 Å². The summed E-state index contributed by atoms with van der Waals surface area (Å²) in [5.41, 5.74) is 1.29. The minimum Gasteiger partial charge on any atom is -0.307 e. The minimum atomic E-state index is 0.0914. The van der Waals surface area contributed by atoms with E-state index in [0.29, 0.717) is 17.1 Å². The van der Waals surface area contributed by atoms with E-state index < -0.39 is 0 Å². The van der Waals surface area contributed by atoms with Crippen LogP contribution in [-0.2, 0) is 0 Å².